The van der Waals surface area contributed by atoms with Gasteiger partial charge in [0, 0.05) is 0 Å². The van der Waals surface area contributed by atoms with E-state index in [1.807, 2.05) is 6.92 Å². The Morgan fingerprint density at radius 3 is 2.42 bits per heavy atom. The topological polar surface area (TPSA) is 9.23 Å². The molecule has 0 saturated carbocycles. The van der Waals surface area contributed by atoms with E-state index >= 15 is 0 Å². The van der Waals surface area contributed by atoms with E-state index in [2.05, 4.69) is 4.74 Å². The molecule has 0 atom stereocenters. The van der Waals surface area contributed by atoms with Crippen LogP contribution in [0.2, 0.25) is 0 Å². The van der Waals surface area contributed by atoms with Crippen LogP contribution in [0.25, 0.3) is 0 Å². The quantitative estimate of drug-likeness (QED) is 0.674. The van der Waals surface area contributed by atoms with Crippen molar-refractivity contribution in [2.45, 2.75) is 13.3 Å². The van der Waals surface area contributed by atoms with Crippen LogP contribution in [0.4, 0.5) is 13.2 Å². The number of allylic oxidation sites excluding steroid dienone is 2. The van der Waals surface area contributed by atoms with Crippen molar-refractivity contribution in [2.24, 2.45) is 0 Å². The predicted octanol–water partition coefficient (Wildman–Crippen LogP) is 3.10. The molecule has 0 bridgehead atoms. The SMILES string of the molecule is CC1=CI=C(OC(F)(F)F)C=C1. The maximum Gasteiger partial charge on any atom is 0.527 e. The summed E-state index contributed by atoms with van der Waals surface area (Å²) in [4.78, 5) is 0. The first-order valence-corrected chi connectivity index (χ1v) is 5.41. The van der Waals surface area contributed by atoms with Gasteiger partial charge in [0.2, 0.25) is 0 Å². The van der Waals surface area contributed by atoms with Gasteiger partial charge in [0.25, 0.3) is 0 Å². The van der Waals surface area contributed by atoms with E-state index in [4.69, 9.17) is 0 Å². The molecule has 0 radical (unpaired) electrons. The maximum atomic E-state index is 11.7. The molecule has 0 amide bonds. The van der Waals surface area contributed by atoms with E-state index in [9.17, 15) is 13.2 Å². The fraction of sp³-hybridized carbons (Fsp3) is 0.286. The van der Waals surface area contributed by atoms with Gasteiger partial charge in [0.05, 0.1) is 0 Å². The summed E-state index contributed by atoms with van der Waals surface area (Å²) in [7, 11) is 0. The molecule has 12 heavy (non-hydrogen) atoms. The Kier molecular flexibility index (Phi) is 3.05. The van der Waals surface area contributed by atoms with Crippen molar-refractivity contribution in [3.63, 3.8) is 0 Å². The summed E-state index contributed by atoms with van der Waals surface area (Å²) in [5, 5.41) is 0. The lowest BCUT2D eigenvalue weighted by Crippen LogP contribution is -2.16. The van der Waals surface area contributed by atoms with E-state index in [1.54, 1.807) is 10.2 Å². The highest BCUT2D eigenvalue weighted by Crippen LogP contribution is 2.23. The number of rotatable bonds is 1. The summed E-state index contributed by atoms with van der Waals surface area (Å²) < 4.78 is 40.6. The largest absolute Gasteiger partial charge is 0.527 e. The van der Waals surface area contributed by atoms with Gasteiger partial charge >= 0.3 is 6.36 Å². The van der Waals surface area contributed by atoms with Gasteiger partial charge in [0.1, 0.15) is 3.69 Å². The number of ether oxygens (including phenoxy) is 1. The van der Waals surface area contributed by atoms with Gasteiger partial charge in [0.15, 0.2) is 0 Å². The van der Waals surface area contributed by atoms with Crippen LogP contribution in [0.5, 0.6) is 0 Å². The highest BCUT2D eigenvalue weighted by atomic mass is 127. The molecule has 0 aromatic rings. The fourth-order valence-corrected chi connectivity index (χ4v) is 2.35. The second-order valence-corrected chi connectivity index (χ2v) is 4.46. The van der Waals surface area contributed by atoms with E-state index in [-0.39, 0.29) is 3.69 Å². The van der Waals surface area contributed by atoms with Crippen molar-refractivity contribution in [1.29, 1.82) is 0 Å². The Labute approximate surface area is 77.6 Å². The Balaban J connectivity index is 2.64. The van der Waals surface area contributed by atoms with Crippen molar-refractivity contribution in [3.8, 4) is 0 Å². The third-order valence-electron chi connectivity index (χ3n) is 1.02. The summed E-state index contributed by atoms with van der Waals surface area (Å²) in [6.45, 7) is 1.85. The van der Waals surface area contributed by atoms with Gasteiger partial charge in [-0.3, -0.25) is 0 Å². The van der Waals surface area contributed by atoms with Gasteiger partial charge in [-0.15, -0.1) is 13.2 Å². The first-order chi connectivity index (χ1) is 5.47. The molecule has 1 nitrogen and oxygen atoms in total. The van der Waals surface area contributed by atoms with Crippen LogP contribution in [0.1, 0.15) is 6.92 Å². The molecule has 0 aliphatic carbocycles. The molecule has 68 valence electrons. The standard InChI is InChI=1S/C7H6F3IO/c1-5-2-3-6(11-4-5)12-7(8,9)10/h2-4H,1H3. The van der Waals surface area contributed by atoms with Gasteiger partial charge < -0.3 is 0 Å². The Bertz CT molecular complexity index is 262. The van der Waals surface area contributed by atoms with Crippen LogP contribution in [0.15, 0.2) is 21.8 Å². The summed E-state index contributed by atoms with van der Waals surface area (Å²) in [5.74, 6) is 0. The minimum atomic E-state index is -4.54. The molecule has 0 N–H and O–H groups in total. The van der Waals surface area contributed by atoms with Crippen LogP contribution >= 0.6 is 20.7 Å². The maximum absolute atomic E-state index is 11.7. The molecule has 0 aromatic carbocycles. The zero-order valence-electron chi connectivity index (χ0n) is 6.15. The molecule has 1 aliphatic rings. The third kappa shape index (κ3) is 3.48. The molecule has 1 rings (SSSR count). The van der Waals surface area contributed by atoms with E-state index < -0.39 is 27.1 Å². The lowest BCUT2D eigenvalue weighted by molar-refractivity contribution is -0.281. The van der Waals surface area contributed by atoms with E-state index in [0.717, 1.165) is 5.57 Å². The molecule has 1 aliphatic heterocycles. The number of halogens is 4. The zero-order valence-corrected chi connectivity index (χ0v) is 8.31. The van der Waals surface area contributed by atoms with Crippen molar-refractivity contribution in [3.05, 3.63) is 21.8 Å². The minimum Gasteiger partial charge on any atom is -0.248 e. The molecule has 0 fully saturated rings. The van der Waals surface area contributed by atoms with Gasteiger partial charge in [-0.25, -0.2) is 4.74 Å². The molecule has 5 heteroatoms. The molecule has 0 unspecified atom stereocenters. The molecule has 0 aromatic heterocycles. The molecule has 0 spiro atoms. The Hall–Kier alpha value is -0.170. The summed E-state index contributed by atoms with van der Waals surface area (Å²) in [5.41, 5.74) is 0.998. The fourth-order valence-electron chi connectivity index (χ4n) is 0.576. The number of alkyl halides is 3. The van der Waals surface area contributed by atoms with Crippen LogP contribution in [-0.2, 0) is 4.74 Å². The van der Waals surface area contributed by atoms with E-state index in [1.165, 1.54) is 6.08 Å². The molecular weight excluding hydrogens is 284 g/mol. The van der Waals surface area contributed by atoms with Gasteiger partial charge in [-0.1, -0.05) is 26.8 Å². The van der Waals surface area contributed by atoms with Crippen molar-refractivity contribution in [2.75, 3.05) is 0 Å². The van der Waals surface area contributed by atoms with Crippen LogP contribution in [-0.4, -0.2) is 10.1 Å². The predicted molar refractivity (Wildman–Crippen MR) is 49.1 cm³/mol. The highest BCUT2D eigenvalue weighted by Gasteiger charge is 2.30. The van der Waals surface area contributed by atoms with Crippen molar-refractivity contribution < 1.29 is 17.9 Å². The zero-order chi connectivity index (χ0) is 9.19. The molecule has 0 saturated heterocycles. The van der Waals surface area contributed by atoms with E-state index in [0.29, 0.717) is 0 Å². The van der Waals surface area contributed by atoms with Gasteiger partial charge in [-0.2, -0.15) is 0 Å². The number of hydrogen-bond acceptors (Lipinski definition) is 1. The minimum absolute atomic E-state index is 0.0481. The molecular formula is C7H6F3IO. The summed E-state index contributed by atoms with van der Waals surface area (Å²) in [6, 6.07) is 0. The smallest absolute Gasteiger partial charge is 0.248 e. The average Bonchev–Trinajstić information content (AvgIpc) is 1.91. The average molecular weight is 290 g/mol. The van der Waals surface area contributed by atoms with Crippen LogP contribution in [0, 0.1) is 0 Å². The first kappa shape index (κ1) is 9.91. The monoisotopic (exact) mass is 290 g/mol. The number of hydrogen-bond donors (Lipinski definition) is 0. The second-order valence-electron chi connectivity index (χ2n) is 2.15. The highest BCUT2D eigenvalue weighted by molar-refractivity contribution is 14.2. The van der Waals surface area contributed by atoms with Gasteiger partial charge in [-0.05, 0) is 22.7 Å². The summed E-state index contributed by atoms with van der Waals surface area (Å²) >= 11 is -0.732. The van der Waals surface area contributed by atoms with Crippen molar-refractivity contribution in [1.82, 2.24) is 0 Å². The Morgan fingerprint density at radius 2 is 2.00 bits per heavy atom. The van der Waals surface area contributed by atoms with Crippen LogP contribution in [0.3, 0.4) is 0 Å². The molecule has 1 heterocycles. The van der Waals surface area contributed by atoms with Crippen LogP contribution < -0.4 is 0 Å². The Morgan fingerprint density at radius 1 is 1.33 bits per heavy atom. The first-order valence-electron chi connectivity index (χ1n) is 3.08. The second kappa shape index (κ2) is 3.69. The normalized spacial score (nSPS) is 18.0. The third-order valence-corrected chi connectivity index (χ3v) is 3.51. The summed E-state index contributed by atoms with van der Waals surface area (Å²) in [6.07, 6.45) is -1.54. The lowest BCUT2D eigenvalue weighted by Gasteiger charge is -2.08. The lowest BCUT2D eigenvalue weighted by atomic mass is 10.3. The van der Waals surface area contributed by atoms with Crippen molar-refractivity contribution >= 4 is 24.4 Å².